The molecule has 0 atom stereocenters. The molecule has 5 N–H and O–H groups in total. The van der Waals surface area contributed by atoms with Gasteiger partial charge in [-0.25, -0.2) is 0 Å². The van der Waals surface area contributed by atoms with Crippen LogP contribution >= 0.6 is 0 Å². The van der Waals surface area contributed by atoms with E-state index in [1.54, 1.807) is 30.4 Å². The van der Waals surface area contributed by atoms with Crippen molar-refractivity contribution in [3.63, 3.8) is 0 Å². The van der Waals surface area contributed by atoms with Gasteiger partial charge in [-0.1, -0.05) is 0 Å². The molecule has 0 bridgehead atoms. The maximum atomic E-state index is 6.33. The van der Waals surface area contributed by atoms with E-state index in [9.17, 15) is 0 Å². The summed E-state index contributed by atoms with van der Waals surface area (Å²) < 4.78 is 0. The molecule has 0 rings (SSSR count). The van der Waals surface area contributed by atoms with Gasteiger partial charge < -0.3 is 28.7 Å². The van der Waals surface area contributed by atoms with Crippen molar-refractivity contribution in [2.75, 3.05) is 32.7 Å². The van der Waals surface area contributed by atoms with E-state index in [2.05, 4.69) is 32.9 Å². The van der Waals surface area contributed by atoms with Gasteiger partial charge in [-0.05, 0) is 0 Å². The van der Waals surface area contributed by atoms with E-state index in [0.29, 0.717) is 32.7 Å². The number of nitrogens with one attached hydrogen (secondary N) is 5. The first kappa shape index (κ1) is 36.9. The third-order valence-corrected chi connectivity index (χ3v) is 0.722. The summed E-state index contributed by atoms with van der Waals surface area (Å²) in [6.45, 7) is 18.1. The Hall–Kier alpha value is -0.760. The predicted molar refractivity (Wildman–Crippen MR) is 96.9 cm³/mol. The van der Waals surface area contributed by atoms with Crippen LogP contribution in [0.3, 0.4) is 0 Å². The average molecular weight is 461 g/mol. The Bertz CT molecular complexity index is 138. The second-order valence-electron chi connectivity index (χ2n) is 2.46. The van der Waals surface area contributed by atoms with Crippen LogP contribution in [0.4, 0.5) is 0 Å². The standard InChI is InChI=1S/5C3H6N.Ta/c5*1-2-3-4;/h5*2,4H,1,3H2;/q5*-1;+5. The fourth-order valence-corrected chi connectivity index (χ4v) is 0. The van der Waals surface area contributed by atoms with Gasteiger partial charge in [-0.2, -0.15) is 0 Å². The van der Waals surface area contributed by atoms with Crippen molar-refractivity contribution < 1.29 is 22.4 Å². The van der Waals surface area contributed by atoms with Gasteiger partial charge in [0.15, 0.2) is 0 Å². The molecule has 0 aromatic carbocycles. The predicted octanol–water partition coefficient (Wildman–Crippen LogP) is 6.12. The van der Waals surface area contributed by atoms with Gasteiger partial charge in [-0.15, -0.1) is 96.0 Å². The molecule has 5 nitrogen and oxygen atoms in total. The van der Waals surface area contributed by atoms with E-state index in [1.807, 2.05) is 0 Å². The summed E-state index contributed by atoms with van der Waals surface area (Å²) in [5.41, 5.74) is 31.7. The summed E-state index contributed by atoms with van der Waals surface area (Å²) in [6.07, 6.45) is 7.71. The van der Waals surface area contributed by atoms with Gasteiger partial charge in [-0.3, -0.25) is 0 Å². The summed E-state index contributed by atoms with van der Waals surface area (Å²) in [5, 5.41) is 0. The molecule has 0 aromatic heterocycles. The van der Waals surface area contributed by atoms with Gasteiger partial charge in [0.05, 0.1) is 0 Å². The van der Waals surface area contributed by atoms with Crippen LogP contribution in [0.1, 0.15) is 0 Å². The molecule has 0 radical (unpaired) electrons. The fourth-order valence-electron chi connectivity index (χ4n) is 0. The van der Waals surface area contributed by atoms with Crippen LogP contribution in [0, 0.1) is 0 Å². The second-order valence-corrected chi connectivity index (χ2v) is 2.46. The first-order valence-electron chi connectivity index (χ1n) is 5.85. The monoisotopic (exact) mass is 461 g/mol. The second kappa shape index (κ2) is 75.0. The molecule has 0 saturated carbocycles. The molecule has 0 aliphatic carbocycles. The summed E-state index contributed by atoms with van der Waals surface area (Å²) in [4.78, 5) is 0. The van der Waals surface area contributed by atoms with Crippen molar-refractivity contribution in [1.29, 1.82) is 0 Å². The minimum absolute atomic E-state index is 0. The van der Waals surface area contributed by atoms with Gasteiger partial charge in [0.1, 0.15) is 0 Å². The van der Waals surface area contributed by atoms with Crippen LogP contribution in [-0.4, -0.2) is 32.7 Å². The molecule has 0 spiro atoms. The molecule has 0 unspecified atom stereocenters. The van der Waals surface area contributed by atoms with Crippen molar-refractivity contribution in [3.05, 3.63) is 91.9 Å². The molecule has 0 aliphatic heterocycles. The molecular formula is C15H30N5Ta. The first-order chi connectivity index (χ1) is 9.57. The van der Waals surface area contributed by atoms with E-state index in [0.717, 1.165) is 0 Å². The minimum Gasteiger partial charge on any atom is -0.674 e. The Balaban J connectivity index is -0.0000000331. The van der Waals surface area contributed by atoms with Gasteiger partial charge in [0, 0.05) is 0 Å². The van der Waals surface area contributed by atoms with E-state index < -0.39 is 0 Å². The van der Waals surface area contributed by atoms with E-state index >= 15 is 0 Å². The van der Waals surface area contributed by atoms with Crippen LogP contribution in [0.2, 0.25) is 0 Å². The zero-order valence-electron chi connectivity index (χ0n) is 12.9. The number of rotatable bonds is 5. The molecule has 0 aromatic rings. The van der Waals surface area contributed by atoms with Gasteiger partial charge in [0.25, 0.3) is 0 Å². The zero-order chi connectivity index (χ0) is 17.1. The average Bonchev–Trinajstić information content (AvgIpc) is 2.55. The van der Waals surface area contributed by atoms with Crippen molar-refractivity contribution in [2.45, 2.75) is 0 Å². The molecular weight excluding hydrogens is 431 g/mol. The zero-order valence-corrected chi connectivity index (χ0v) is 16.1. The quantitative estimate of drug-likeness (QED) is 0.438. The number of hydrogen-bond acceptors (Lipinski definition) is 0. The van der Waals surface area contributed by atoms with E-state index in [4.69, 9.17) is 28.7 Å². The van der Waals surface area contributed by atoms with E-state index in [-0.39, 0.29) is 22.4 Å². The minimum atomic E-state index is 0. The normalized spacial score (nSPS) is 5.95. The van der Waals surface area contributed by atoms with E-state index in [1.165, 1.54) is 0 Å². The Morgan fingerprint density at radius 2 is 0.476 bits per heavy atom. The Morgan fingerprint density at radius 1 is 0.429 bits per heavy atom. The summed E-state index contributed by atoms with van der Waals surface area (Å²) >= 11 is 0. The Morgan fingerprint density at radius 3 is 0.476 bits per heavy atom. The summed E-state index contributed by atoms with van der Waals surface area (Å²) in [7, 11) is 0. The van der Waals surface area contributed by atoms with Gasteiger partial charge >= 0.3 is 22.4 Å². The fraction of sp³-hybridized carbons (Fsp3) is 0.333. The van der Waals surface area contributed by atoms with Gasteiger partial charge in [0.2, 0.25) is 0 Å². The molecule has 0 heterocycles. The Labute approximate surface area is 147 Å². The molecule has 6 heteroatoms. The number of hydrogen-bond donors (Lipinski definition) is 0. The molecule has 0 saturated heterocycles. The smallest absolute Gasteiger partial charge is 0.674 e. The van der Waals surface area contributed by atoms with Crippen LogP contribution in [0.25, 0.3) is 28.7 Å². The molecule has 120 valence electrons. The topological polar surface area (TPSA) is 119 Å². The third kappa shape index (κ3) is 318. The molecule has 0 aliphatic rings. The van der Waals surface area contributed by atoms with Crippen molar-refractivity contribution in [1.82, 2.24) is 0 Å². The Kier molecular flexibility index (Phi) is 132. The van der Waals surface area contributed by atoms with Crippen molar-refractivity contribution in [2.24, 2.45) is 0 Å². The largest absolute Gasteiger partial charge is 5.00 e. The molecule has 0 fully saturated rings. The maximum Gasteiger partial charge on any atom is 5.00 e. The summed E-state index contributed by atoms with van der Waals surface area (Å²) in [6, 6.07) is 0. The van der Waals surface area contributed by atoms with Crippen molar-refractivity contribution >= 4 is 0 Å². The SMILES string of the molecule is C=CC[NH-].C=CC[NH-].C=CC[NH-].C=CC[NH-].C=CC[NH-].[Ta+5]. The van der Waals surface area contributed by atoms with Crippen molar-refractivity contribution in [3.8, 4) is 0 Å². The molecule has 0 amide bonds. The van der Waals surface area contributed by atoms with Crippen LogP contribution in [0.5, 0.6) is 0 Å². The first-order valence-corrected chi connectivity index (χ1v) is 5.85. The third-order valence-electron chi connectivity index (χ3n) is 0.722. The molecule has 21 heavy (non-hydrogen) atoms. The van der Waals surface area contributed by atoms with Crippen LogP contribution in [-0.2, 0) is 22.4 Å². The maximum absolute atomic E-state index is 6.33. The van der Waals surface area contributed by atoms with Crippen LogP contribution in [0.15, 0.2) is 63.3 Å². The summed E-state index contributed by atoms with van der Waals surface area (Å²) in [5.74, 6) is 0. The van der Waals surface area contributed by atoms with Crippen LogP contribution < -0.4 is 0 Å².